The van der Waals surface area contributed by atoms with E-state index in [9.17, 15) is 14.4 Å². The maximum Gasteiger partial charge on any atom is 0.306 e. The zero-order chi connectivity index (χ0) is 47.9. The largest absolute Gasteiger partial charge is 0.462 e. The first-order valence-corrected chi connectivity index (χ1v) is 27.3. The molecule has 0 aliphatic carbocycles. The minimum Gasteiger partial charge on any atom is -0.462 e. The molecule has 1 atom stereocenters. The highest BCUT2D eigenvalue weighted by Gasteiger charge is 2.19. The van der Waals surface area contributed by atoms with Gasteiger partial charge in [-0.3, -0.25) is 14.4 Å². The quantitative estimate of drug-likeness (QED) is 0.0262. The van der Waals surface area contributed by atoms with Crippen molar-refractivity contribution in [2.24, 2.45) is 0 Å². The Labute approximate surface area is 407 Å². The van der Waals surface area contributed by atoms with Crippen LogP contribution in [0.5, 0.6) is 0 Å². The summed E-state index contributed by atoms with van der Waals surface area (Å²) in [5.74, 6) is -0.959. The highest BCUT2D eigenvalue weighted by Crippen LogP contribution is 2.16. The summed E-state index contributed by atoms with van der Waals surface area (Å²) in [7, 11) is 0. The van der Waals surface area contributed by atoms with Gasteiger partial charge in [-0.1, -0.05) is 259 Å². The SMILES string of the molecule is CC\C=C/C=C\C=C/C=C\CCCCCC(=O)OCC(COC(=O)CCCCCCC\C=C/C=C\C=C/C=C\CCCCC)OC(=O)CCCCCCCCCCCCCCCCCCC. The second kappa shape index (κ2) is 53.9. The zero-order valence-corrected chi connectivity index (χ0v) is 42.9. The molecule has 0 radical (unpaired) electrons. The molecule has 0 heterocycles. The number of allylic oxidation sites excluding steroid dienone is 16. The van der Waals surface area contributed by atoms with Gasteiger partial charge >= 0.3 is 17.9 Å². The standard InChI is InChI=1S/C60H100O6/c1-4-7-10-13-16-19-22-25-27-29-31-32-35-38-41-44-47-50-53-59(62)65-56-57(55-64-58(61)52-49-46-43-40-37-34-24-21-18-15-12-9-6-3)66-60(63)54-51-48-45-42-39-36-33-30-28-26-23-20-17-14-11-8-5-2/h9,12,15-16,18-19,21-22,24-25,27,29,31-32,34,37,57H,4-8,10-11,13-14,17,20,23,26,28,30,33,35-36,38-56H2,1-3H3/b12-9-,18-15-,19-16-,24-21-,25-22-,29-27-,32-31-,37-34-. The fourth-order valence-electron chi connectivity index (χ4n) is 7.41. The molecule has 0 aromatic rings. The van der Waals surface area contributed by atoms with E-state index in [1.165, 1.54) is 109 Å². The molecular weight excluding hydrogens is 817 g/mol. The topological polar surface area (TPSA) is 78.9 Å². The molecule has 66 heavy (non-hydrogen) atoms. The van der Waals surface area contributed by atoms with Gasteiger partial charge in [0.15, 0.2) is 6.10 Å². The summed E-state index contributed by atoms with van der Waals surface area (Å²) in [4.78, 5) is 38.1. The monoisotopic (exact) mass is 917 g/mol. The van der Waals surface area contributed by atoms with Gasteiger partial charge in [0.2, 0.25) is 0 Å². The fourth-order valence-corrected chi connectivity index (χ4v) is 7.41. The highest BCUT2D eigenvalue weighted by atomic mass is 16.6. The van der Waals surface area contributed by atoms with E-state index < -0.39 is 6.10 Å². The molecule has 0 rings (SSSR count). The molecule has 0 saturated carbocycles. The maximum absolute atomic E-state index is 12.8. The number of carbonyl (C=O) groups is 3. The van der Waals surface area contributed by atoms with Crippen LogP contribution in [0, 0.1) is 0 Å². The van der Waals surface area contributed by atoms with Crippen molar-refractivity contribution in [1.29, 1.82) is 0 Å². The molecule has 0 aromatic carbocycles. The Morgan fingerprint density at radius 2 is 0.591 bits per heavy atom. The first-order chi connectivity index (χ1) is 32.5. The predicted molar refractivity (Wildman–Crippen MR) is 284 cm³/mol. The lowest BCUT2D eigenvalue weighted by Crippen LogP contribution is -2.30. The molecule has 1 unspecified atom stereocenters. The van der Waals surface area contributed by atoms with Crippen molar-refractivity contribution in [3.05, 3.63) is 97.2 Å². The van der Waals surface area contributed by atoms with Gasteiger partial charge in [0.05, 0.1) is 0 Å². The van der Waals surface area contributed by atoms with E-state index in [4.69, 9.17) is 14.2 Å². The number of unbranched alkanes of at least 4 members (excludes halogenated alkanes) is 27. The van der Waals surface area contributed by atoms with E-state index in [2.05, 4.69) is 81.5 Å². The number of rotatable bonds is 48. The number of esters is 3. The van der Waals surface area contributed by atoms with Gasteiger partial charge in [-0.2, -0.15) is 0 Å². The Kier molecular flexibility index (Phi) is 50.9. The number of hydrogen-bond acceptors (Lipinski definition) is 6. The molecule has 0 spiro atoms. The Balaban J connectivity index is 4.47. The summed E-state index contributed by atoms with van der Waals surface area (Å²) in [5, 5.41) is 0. The summed E-state index contributed by atoms with van der Waals surface area (Å²) in [6.45, 7) is 6.41. The van der Waals surface area contributed by atoms with Crippen LogP contribution in [0.1, 0.15) is 245 Å². The minimum atomic E-state index is -0.803. The number of carbonyl (C=O) groups excluding carboxylic acids is 3. The smallest absolute Gasteiger partial charge is 0.306 e. The lowest BCUT2D eigenvalue weighted by Gasteiger charge is -2.18. The lowest BCUT2D eigenvalue weighted by atomic mass is 10.0. The van der Waals surface area contributed by atoms with Gasteiger partial charge in [0, 0.05) is 19.3 Å². The molecule has 0 aliphatic heterocycles. The highest BCUT2D eigenvalue weighted by molar-refractivity contribution is 5.71. The van der Waals surface area contributed by atoms with E-state index in [0.29, 0.717) is 19.3 Å². The van der Waals surface area contributed by atoms with Crippen LogP contribution in [-0.2, 0) is 28.6 Å². The summed E-state index contributed by atoms with van der Waals surface area (Å²) in [5.41, 5.74) is 0. The molecule has 0 N–H and O–H groups in total. The van der Waals surface area contributed by atoms with Crippen LogP contribution in [0.3, 0.4) is 0 Å². The summed E-state index contributed by atoms with van der Waals surface area (Å²) in [6, 6.07) is 0. The van der Waals surface area contributed by atoms with Crippen LogP contribution in [0.2, 0.25) is 0 Å². The van der Waals surface area contributed by atoms with Gasteiger partial charge in [-0.15, -0.1) is 0 Å². The van der Waals surface area contributed by atoms with Crippen molar-refractivity contribution in [3.63, 3.8) is 0 Å². The van der Waals surface area contributed by atoms with Crippen LogP contribution in [-0.4, -0.2) is 37.2 Å². The molecule has 0 bridgehead atoms. The molecule has 376 valence electrons. The van der Waals surface area contributed by atoms with Crippen molar-refractivity contribution >= 4 is 17.9 Å². The van der Waals surface area contributed by atoms with Crippen molar-refractivity contribution in [2.45, 2.75) is 252 Å². The van der Waals surface area contributed by atoms with Crippen molar-refractivity contribution in [3.8, 4) is 0 Å². The summed E-state index contributed by atoms with van der Waals surface area (Å²) >= 11 is 0. The molecular formula is C60H100O6. The Bertz CT molecular complexity index is 1330. The van der Waals surface area contributed by atoms with E-state index >= 15 is 0 Å². The van der Waals surface area contributed by atoms with Crippen LogP contribution >= 0.6 is 0 Å². The van der Waals surface area contributed by atoms with Crippen LogP contribution in [0.4, 0.5) is 0 Å². The van der Waals surface area contributed by atoms with Gasteiger partial charge in [0.1, 0.15) is 13.2 Å². The third-order valence-corrected chi connectivity index (χ3v) is 11.5. The van der Waals surface area contributed by atoms with Crippen LogP contribution in [0.15, 0.2) is 97.2 Å². The van der Waals surface area contributed by atoms with E-state index in [1.54, 1.807) is 0 Å². The molecule has 0 aliphatic rings. The molecule has 6 heteroatoms. The minimum absolute atomic E-state index is 0.102. The molecule has 0 saturated heterocycles. The predicted octanol–water partition coefficient (Wildman–Crippen LogP) is 18.1. The van der Waals surface area contributed by atoms with Gasteiger partial charge in [-0.05, 0) is 64.2 Å². The van der Waals surface area contributed by atoms with Gasteiger partial charge < -0.3 is 14.2 Å². The Morgan fingerprint density at radius 3 is 0.970 bits per heavy atom. The Morgan fingerprint density at radius 1 is 0.318 bits per heavy atom. The average molecular weight is 917 g/mol. The first kappa shape index (κ1) is 62.3. The zero-order valence-electron chi connectivity index (χ0n) is 42.9. The van der Waals surface area contributed by atoms with Crippen LogP contribution < -0.4 is 0 Å². The second-order valence-electron chi connectivity index (χ2n) is 17.9. The Hall–Kier alpha value is -3.67. The van der Waals surface area contributed by atoms with Crippen molar-refractivity contribution < 1.29 is 28.6 Å². The van der Waals surface area contributed by atoms with E-state index in [1.807, 2.05) is 36.5 Å². The van der Waals surface area contributed by atoms with Crippen molar-refractivity contribution in [1.82, 2.24) is 0 Å². The van der Waals surface area contributed by atoms with Crippen LogP contribution in [0.25, 0.3) is 0 Å². The lowest BCUT2D eigenvalue weighted by molar-refractivity contribution is -0.167. The number of ether oxygens (including phenoxy) is 3. The van der Waals surface area contributed by atoms with E-state index in [-0.39, 0.29) is 31.1 Å². The first-order valence-electron chi connectivity index (χ1n) is 27.3. The fraction of sp³-hybridized carbons (Fsp3) is 0.683. The summed E-state index contributed by atoms with van der Waals surface area (Å²) < 4.78 is 16.8. The van der Waals surface area contributed by atoms with Gasteiger partial charge in [-0.25, -0.2) is 0 Å². The second-order valence-corrected chi connectivity index (χ2v) is 17.9. The molecule has 0 aromatic heterocycles. The third kappa shape index (κ3) is 51.3. The molecule has 0 fully saturated rings. The van der Waals surface area contributed by atoms with Gasteiger partial charge in [0.25, 0.3) is 0 Å². The molecule has 6 nitrogen and oxygen atoms in total. The maximum atomic E-state index is 12.8. The molecule has 0 amide bonds. The van der Waals surface area contributed by atoms with E-state index in [0.717, 1.165) is 96.3 Å². The normalized spacial score (nSPS) is 12.8. The summed E-state index contributed by atoms with van der Waals surface area (Å²) in [6.07, 6.45) is 71.0. The average Bonchev–Trinajstić information content (AvgIpc) is 3.31. The van der Waals surface area contributed by atoms with Crippen molar-refractivity contribution in [2.75, 3.05) is 13.2 Å². The third-order valence-electron chi connectivity index (χ3n) is 11.5. The number of hydrogen-bond donors (Lipinski definition) is 0.